The number of anilines is 6. The molecule has 12 rings (SSSR count). The first-order valence-electron chi connectivity index (χ1n) is 23.2. The van der Waals surface area contributed by atoms with Crippen LogP contribution in [0.5, 0.6) is 0 Å². The Morgan fingerprint density at radius 3 is 1.00 bits per heavy atom. The molecule has 0 saturated heterocycles. The lowest BCUT2D eigenvalue weighted by atomic mass is 9.99. The topological polar surface area (TPSA) is 109 Å². The van der Waals surface area contributed by atoms with Gasteiger partial charge in [-0.05, 0) is 130 Å². The number of hydrogen-bond acceptors (Lipinski definition) is 8. The maximum Gasteiger partial charge on any atom is 0.211 e. The van der Waals surface area contributed by atoms with Crippen LogP contribution in [0.15, 0.2) is 250 Å². The summed E-state index contributed by atoms with van der Waals surface area (Å²) < 4.78 is 54.4. The van der Waals surface area contributed by atoms with Crippen molar-refractivity contribution in [2.45, 2.75) is 9.79 Å². The number of ketones is 2. The third kappa shape index (κ3) is 7.35. The smallest absolute Gasteiger partial charge is 0.211 e. The second kappa shape index (κ2) is 17.5. The molecule has 72 heavy (non-hydrogen) atoms. The number of para-hydroxylation sites is 2. The van der Waals surface area contributed by atoms with Crippen molar-refractivity contribution in [3.05, 3.63) is 263 Å². The number of nitrogens with zero attached hydrogens (tertiary/aromatic N) is 2. The molecular formula is C62H40N2O6S2. The Morgan fingerprint density at radius 2 is 0.625 bits per heavy atom. The van der Waals surface area contributed by atoms with Crippen LogP contribution in [-0.4, -0.2) is 28.4 Å². The van der Waals surface area contributed by atoms with Crippen LogP contribution in [0.1, 0.15) is 31.8 Å². The van der Waals surface area contributed by atoms with Crippen LogP contribution in [0, 0.1) is 0 Å². The predicted molar refractivity (Wildman–Crippen MR) is 288 cm³/mol. The number of allylic oxidation sites excluding steroid dienone is 2. The van der Waals surface area contributed by atoms with Gasteiger partial charge in [-0.3, -0.25) is 9.59 Å². The van der Waals surface area contributed by atoms with Crippen LogP contribution in [0.3, 0.4) is 0 Å². The number of Topliss-reactive ketones (excluding diaryl/α,β-unsaturated/α-hetero) is 2. The fourth-order valence-electron chi connectivity index (χ4n) is 9.96. The largest absolute Gasteiger partial charge is 0.310 e. The van der Waals surface area contributed by atoms with E-state index in [2.05, 4.69) is 58.3 Å². The Kier molecular flexibility index (Phi) is 10.7. The first kappa shape index (κ1) is 44.3. The van der Waals surface area contributed by atoms with Gasteiger partial charge in [0.05, 0.1) is 21.2 Å². The van der Waals surface area contributed by atoms with Gasteiger partial charge in [0.2, 0.25) is 31.2 Å². The van der Waals surface area contributed by atoms with E-state index in [9.17, 15) is 26.4 Å². The van der Waals surface area contributed by atoms with E-state index in [4.69, 9.17) is 0 Å². The molecule has 8 nitrogen and oxygen atoms in total. The molecule has 0 atom stereocenters. The van der Waals surface area contributed by atoms with E-state index in [1.807, 2.05) is 133 Å². The lowest BCUT2D eigenvalue weighted by Crippen LogP contribution is -2.11. The molecule has 346 valence electrons. The summed E-state index contributed by atoms with van der Waals surface area (Å²) in [5, 5.41) is 3.35. The molecule has 0 unspecified atom stereocenters. The van der Waals surface area contributed by atoms with Gasteiger partial charge in [-0.25, -0.2) is 16.8 Å². The summed E-state index contributed by atoms with van der Waals surface area (Å²) in [7, 11) is -7.97. The van der Waals surface area contributed by atoms with Gasteiger partial charge in [0.1, 0.15) is 9.81 Å². The van der Waals surface area contributed by atoms with E-state index in [1.54, 1.807) is 36.4 Å². The van der Waals surface area contributed by atoms with Crippen LogP contribution < -0.4 is 9.80 Å². The molecule has 2 aliphatic heterocycles. The van der Waals surface area contributed by atoms with Crippen molar-refractivity contribution in [1.29, 1.82) is 0 Å². The Morgan fingerprint density at radius 1 is 0.306 bits per heavy atom. The number of rotatable bonds is 9. The fourth-order valence-corrected chi connectivity index (χ4v) is 13.1. The molecular weight excluding hydrogens is 933 g/mol. The zero-order chi connectivity index (χ0) is 49.1. The highest BCUT2D eigenvalue weighted by Crippen LogP contribution is 2.45. The van der Waals surface area contributed by atoms with E-state index >= 15 is 0 Å². The third-order valence-corrected chi connectivity index (χ3v) is 17.0. The molecule has 0 spiro atoms. The maximum atomic E-state index is 13.6. The number of carbonyl (C=O) groups is 2. The molecule has 0 amide bonds. The van der Waals surface area contributed by atoms with Gasteiger partial charge in [-0.2, -0.15) is 0 Å². The minimum absolute atomic E-state index is 0.0331. The summed E-state index contributed by atoms with van der Waals surface area (Å²) in [6.45, 7) is 0. The predicted octanol–water partition coefficient (Wildman–Crippen LogP) is 14.6. The summed E-state index contributed by atoms with van der Waals surface area (Å²) in [5.74, 6) is -1.01. The van der Waals surface area contributed by atoms with Gasteiger partial charge < -0.3 is 9.80 Å². The Balaban J connectivity index is 0.889. The van der Waals surface area contributed by atoms with Crippen LogP contribution >= 0.6 is 0 Å². The second-order valence-corrected chi connectivity index (χ2v) is 21.3. The van der Waals surface area contributed by atoms with Crippen molar-refractivity contribution >= 4 is 99.1 Å². The monoisotopic (exact) mass is 972 g/mol. The molecule has 0 radical (unpaired) electrons. The van der Waals surface area contributed by atoms with Gasteiger partial charge in [-0.15, -0.1) is 0 Å². The average Bonchev–Trinajstić information content (AvgIpc) is 3.74. The molecule has 0 aromatic heterocycles. The first-order valence-corrected chi connectivity index (χ1v) is 26.2. The zero-order valence-corrected chi connectivity index (χ0v) is 39.9. The van der Waals surface area contributed by atoms with Gasteiger partial charge in [0.25, 0.3) is 0 Å². The Bertz CT molecular complexity index is 3880. The molecule has 0 N–H and O–H groups in total. The highest BCUT2D eigenvalue weighted by molar-refractivity contribution is 7.97. The first-order chi connectivity index (χ1) is 35.1. The van der Waals surface area contributed by atoms with Gasteiger partial charge >= 0.3 is 0 Å². The molecule has 0 aliphatic carbocycles. The summed E-state index contributed by atoms with van der Waals surface area (Å²) in [6.07, 6.45) is 3.01. The van der Waals surface area contributed by atoms with Crippen molar-refractivity contribution in [3.8, 4) is 11.1 Å². The van der Waals surface area contributed by atoms with Gasteiger partial charge in [0, 0.05) is 44.6 Å². The zero-order valence-electron chi connectivity index (χ0n) is 38.3. The van der Waals surface area contributed by atoms with Crippen molar-refractivity contribution in [2.75, 3.05) is 9.80 Å². The van der Waals surface area contributed by atoms with Crippen molar-refractivity contribution < 1.29 is 26.4 Å². The Labute approximate surface area is 416 Å². The summed E-state index contributed by atoms with van der Waals surface area (Å²) in [6, 6.07) is 72.8. The second-order valence-electron chi connectivity index (χ2n) is 17.5. The third-order valence-electron chi connectivity index (χ3n) is 13.4. The number of benzene rings is 10. The summed E-state index contributed by atoms with van der Waals surface area (Å²) in [4.78, 5) is 30.9. The van der Waals surface area contributed by atoms with Crippen molar-refractivity contribution in [3.63, 3.8) is 0 Å². The maximum absolute atomic E-state index is 13.6. The molecule has 0 bridgehead atoms. The molecule has 2 aliphatic rings. The van der Waals surface area contributed by atoms with E-state index in [1.165, 1.54) is 24.3 Å². The van der Waals surface area contributed by atoms with Crippen molar-refractivity contribution in [2.24, 2.45) is 0 Å². The fraction of sp³-hybridized carbons (Fsp3) is 0. The van der Waals surface area contributed by atoms with E-state index in [0.29, 0.717) is 11.1 Å². The van der Waals surface area contributed by atoms with Crippen LogP contribution in [0.4, 0.5) is 34.1 Å². The minimum Gasteiger partial charge on any atom is -0.310 e. The van der Waals surface area contributed by atoms with E-state index < -0.39 is 31.2 Å². The minimum atomic E-state index is -3.99. The number of fused-ring (bicyclic) bond motifs is 4. The summed E-state index contributed by atoms with van der Waals surface area (Å²) in [5.41, 5.74) is 9.04. The lowest BCUT2D eigenvalue weighted by Gasteiger charge is -2.28. The number of carbonyl (C=O) groups excluding carboxylic acids is 2. The molecule has 10 heteroatoms. The van der Waals surface area contributed by atoms with E-state index in [0.717, 1.165) is 66.8 Å². The number of sulfone groups is 2. The van der Waals surface area contributed by atoms with Gasteiger partial charge in [0.15, 0.2) is 0 Å². The molecule has 0 saturated carbocycles. The SMILES string of the molecule is O=C1/C(=C/c2ccc(N(c3ccccc3)c3ccc(-c4ccc(N(c5ccccc5)c5ccc(/C=C6\C(=O)c7ccccc7S6(=O)=O)c6ccccc56)cc4)cc3)c3ccccc23)S(=O)(=O)c2ccccc21. The highest BCUT2D eigenvalue weighted by Gasteiger charge is 2.40. The normalized spacial score (nSPS) is 15.5. The highest BCUT2D eigenvalue weighted by atomic mass is 32.2. The van der Waals surface area contributed by atoms with E-state index in [-0.39, 0.29) is 30.7 Å². The quantitative estimate of drug-likeness (QED) is 0.132. The number of hydrogen-bond donors (Lipinski definition) is 0. The summed E-state index contributed by atoms with van der Waals surface area (Å²) >= 11 is 0. The van der Waals surface area contributed by atoms with Crippen LogP contribution in [-0.2, 0) is 19.7 Å². The lowest BCUT2D eigenvalue weighted by molar-refractivity contribution is 0.103. The van der Waals surface area contributed by atoms with Gasteiger partial charge in [-0.1, -0.05) is 146 Å². The molecule has 10 aromatic rings. The average molecular weight is 973 g/mol. The molecule has 10 aromatic carbocycles. The molecule has 0 fully saturated rings. The van der Waals surface area contributed by atoms with Crippen molar-refractivity contribution in [1.82, 2.24) is 0 Å². The van der Waals surface area contributed by atoms with Crippen LogP contribution in [0.2, 0.25) is 0 Å². The molecule has 2 heterocycles. The van der Waals surface area contributed by atoms with Crippen LogP contribution in [0.25, 0.3) is 44.8 Å². The standard InChI is InChI=1S/C62H40N2O6S2/c65-61-53-23-11-13-25-57(53)71(67,68)59(61)39-43-31-37-55(51-21-9-7-19-49(43)51)63(45-15-3-1-4-16-45)47-33-27-41(28-34-47)42-29-35-48(36-30-42)64(46-17-5-2-6-18-46)56-38-32-44(50-20-8-10-22-52(50)56)40-60-62(66)54-24-12-14-26-58(54)72(60,69)70/h1-40H/b59-39-,60-40+. The Hall–Kier alpha value is -8.96.